The zero-order valence-corrected chi connectivity index (χ0v) is 11.1. The van der Waals surface area contributed by atoms with Crippen molar-refractivity contribution in [2.45, 2.75) is 53.0 Å². The van der Waals surface area contributed by atoms with Crippen LogP contribution in [-0.4, -0.2) is 6.04 Å². The molecule has 1 atom stereocenters. The first-order valence-electron chi connectivity index (χ1n) is 6.30. The third kappa shape index (κ3) is 4.36. The molecule has 2 N–H and O–H groups in total. The lowest BCUT2D eigenvalue weighted by molar-refractivity contribution is 0.473. The molecule has 0 aliphatic carbocycles. The Morgan fingerprint density at radius 2 is 1.81 bits per heavy atom. The van der Waals surface area contributed by atoms with Crippen LogP contribution >= 0.6 is 0 Å². The van der Waals surface area contributed by atoms with Crippen molar-refractivity contribution < 1.29 is 0 Å². The SMILES string of the molecule is Cc1ccc(CCC(N)CC(C)C)cc1C. The summed E-state index contributed by atoms with van der Waals surface area (Å²) in [4.78, 5) is 0. The molecule has 1 rings (SSSR count). The third-order valence-electron chi connectivity index (χ3n) is 3.15. The largest absolute Gasteiger partial charge is 0.328 e. The highest BCUT2D eigenvalue weighted by atomic mass is 14.6. The number of hydrogen-bond donors (Lipinski definition) is 1. The highest BCUT2D eigenvalue weighted by molar-refractivity contribution is 5.29. The minimum absolute atomic E-state index is 0.349. The maximum atomic E-state index is 6.09. The van der Waals surface area contributed by atoms with Crippen LogP contribution in [0.4, 0.5) is 0 Å². The van der Waals surface area contributed by atoms with Crippen LogP contribution in [0.25, 0.3) is 0 Å². The lowest BCUT2D eigenvalue weighted by atomic mass is 9.97. The van der Waals surface area contributed by atoms with Crippen LogP contribution in [0.3, 0.4) is 0 Å². The van der Waals surface area contributed by atoms with Crippen molar-refractivity contribution in [2.24, 2.45) is 11.7 Å². The standard InChI is InChI=1S/C15H25N/c1-11(2)9-15(16)8-7-14-6-5-12(3)13(4)10-14/h5-6,10-11,15H,7-9,16H2,1-4H3. The van der Waals surface area contributed by atoms with E-state index in [0.717, 1.165) is 19.3 Å². The molecule has 16 heavy (non-hydrogen) atoms. The fourth-order valence-corrected chi connectivity index (χ4v) is 2.03. The van der Waals surface area contributed by atoms with Crippen LogP contribution in [0.2, 0.25) is 0 Å². The summed E-state index contributed by atoms with van der Waals surface area (Å²) in [6.45, 7) is 8.79. The lowest BCUT2D eigenvalue weighted by Crippen LogP contribution is -2.22. The Kier molecular flexibility index (Phi) is 5.01. The van der Waals surface area contributed by atoms with Crippen molar-refractivity contribution in [2.75, 3.05) is 0 Å². The van der Waals surface area contributed by atoms with E-state index in [1.54, 1.807) is 0 Å². The van der Waals surface area contributed by atoms with Gasteiger partial charge in [0.2, 0.25) is 0 Å². The number of hydrogen-bond acceptors (Lipinski definition) is 1. The topological polar surface area (TPSA) is 26.0 Å². The molecule has 0 saturated heterocycles. The van der Waals surface area contributed by atoms with Gasteiger partial charge in [-0.2, -0.15) is 0 Å². The van der Waals surface area contributed by atoms with Gasteiger partial charge in [-0.15, -0.1) is 0 Å². The summed E-state index contributed by atoms with van der Waals surface area (Å²) in [5.74, 6) is 0.703. The van der Waals surface area contributed by atoms with Gasteiger partial charge in [-0.25, -0.2) is 0 Å². The maximum absolute atomic E-state index is 6.09. The van der Waals surface area contributed by atoms with E-state index in [1.807, 2.05) is 0 Å². The van der Waals surface area contributed by atoms with Crippen LogP contribution in [-0.2, 0) is 6.42 Å². The van der Waals surface area contributed by atoms with Crippen LogP contribution < -0.4 is 5.73 Å². The molecule has 1 aromatic carbocycles. The van der Waals surface area contributed by atoms with Gasteiger partial charge < -0.3 is 5.73 Å². The molecule has 0 heterocycles. The third-order valence-corrected chi connectivity index (χ3v) is 3.15. The fourth-order valence-electron chi connectivity index (χ4n) is 2.03. The second-order valence-electron chi connectivity index (χ2n) is 5.35. The molecule has 0 bridgehead atoms. The smallest absolute Gasteiger partial charge is 0.00444 e. The predicted octanol–water partition coefficient (Wildman–Crippen LogP) is 3.61. The van der Waals surface area contributed by atoms with Crippen molar-refractivity contribution in [1.82, 2.24) is 0 Å². The summed E-state index contributed by atoms with van der Waals surface area (Å²) in [5.41, 5.74) is 10.3. The van der Waals surface area contributed by atoms with Gasteiger partial charge in [0.05, 0.1) is 0 Å². The van der Waals surface area contributed by atoms with Crippen LogP contribution in [0.5, 0.6) is 0 Å². The second-order valence-corrected chi connectivity index (χ2v) is 5.35. The molecule has 1 nitrogen and oxygen atoms in total. The molecule has 1 unspecified atom stereocenters. The van der Waals surface area contributed by atoms with E-state index in [2.05, 4.69) is 45.9 Å². The van der Waals surface area contributed by atoms with Gasteiger partial charge in [0, 0.05) is 6.04 Å². The molecule has 0 spiro atoms. The Bertz CT molecular complexity index is 328. The molecule has 0 aromatic heterocycles. The first-order chi connectivity index (χ1) is 7.49. The molecule has 0 aliphatic rings. The number of benzene rings is 1. The van der Waals surface area contributed by atoms with Crippen molar-refractivity contribution in [1.29, 1.82) is 0 Å². The first kappa shape index (κ1) is 13.2. The molecule has 1 aromatic rings. The van der Waals surface area contributed by atoms with E-state index in [0.29, 0.717) is 12.0 Å². The van der Waals surface area contributed by atoms with Gasteiger partial charge in [-0.3, -0.25) is 0 Å². The number of aryl methyl sites for hydroxylation is 3. The van der Waals surface area contributed by atoms with Gasteiger partial charge in [0.1, 0.15) is 0 Å². The lowest BCUT2D eigenvalue weighted by Gasteiger charge is -2.14. The molecule has 0 radical (unpaired) electrons. The van der Waals surface area contributed by atoms with Gasteiger partial charge in [-0.05, 0) is 55.7 Å². The average Bonchev–Trinajstić information content (AvgIpc) is 2.19. The Hall–Kier alpha value is -0.820. The van der Waals surface area contributed by atoms with Gasteiger partial charge in [-0.1, -0.05) is 32.0 Å². The first-order valence-corrected chi connectivity index (χ1v) is 6.30. The fraction of sp³-hybridized carbons (Fsp3) is 0.600. The van der Waals surface area contributed by atoms with Crippen molar-refractivity contribution in [3.63, 3.8) is 0 Å². The average molecular weight is 219 g/mol. The second kappa shape index (κ2) is 6.05. The maximum Gasteiger partial charge on any atom is 0.00444 e. The van der Waals surface area contributed by atoms with E-state index >= 15 is 0 Å². The van der Waals surface area contributed by atoms with E-state index in [9.17, 15) is 0 Å². The highest BCUT2D eigenvalue weighted by Crippen LogP contribution is 2.13. The molecule has 0 fully saturated rings. The zero-order chi connectivity index (χ0) is 12.1. The van der Waals surface area contributed by atoms with Crippen molar-refractivity contribution in [3.05, 3.63) is 34.9 Å². The molecular weight excluding hydrogens is 194 g/mol. The summed E-state index contributed by atoms with van der Waals surface area (Å²) in [6.07, 6.45) is 3.33. The van der Waals surface area contributed by atoms with Gasteiger partial charge in [0.15, 0.2) is 0 Å². The molecule has 90 valence electrons. The molecule has 0 amide bonds. The Labute approximate surface area is 100 Å². The number of nitrogens with two attached hydrogens (primary N) is 1. The molecule has 1 heteroatoms. The monoisotopic (exact) mass is 219 g/mol. The molecular formula is C15H25N. The van der Waals surface area contributed by atoms with Crippen LogP contribution in [0.15, 0.2) is 18.2 Å². The van der Waals surface area contributed by atoms with Crippen molar-refractivity contribution in [3.8, 4) is 0 Å². The van der Waals surface area contributed by atoms with Crippen LogP contribution in [0.1, 0.15) is 43.4 Å². The quantitative estimate of drug-likeness (QED) is 0.804. The summed E-state index contributed by atoms with van der Waals surface area (Å²) in [5, 5.41) is 0. The minimum Gasteiger partial charge on any atom is -0.328 e. The Morgan fingerprint density at radius 1 is 1.12 bits per heavy atom. The Balaban J connectivity index is 2.45. The zero-order valence-electron chi connectivity index (χ0n) is 11.1. The summed E-state index contributed by atoms with van der Waals surface area (Å²) >= 11 is 0. The van der Waals surface area contributed by atoms with Gasteiger partial charge >= 0.3 is 0 Å². The van der Waals surface area contributed by atoms with Gasteiger partial charge in [0.25, 0.3) is 0 Å². The predicted molar refractivity (Wildman–Crippen MR) is 71.7 cm³/mol. The van der Waals surface area contributed by atoms with E-state index < -0.39 is 0 Å². The summed E-state index contributed by atoms with van der Waals surface area (Å²) in [7, 11) is 0. The van der Waals surface area contributed by atoms with E-state index in [4.69, 9.17) is 5.73 Å². The summed E-state index contributed by atoms with van der Waals surface area (Å²) < 4.78 is 0. The highest BCUT2D eigenvalue weighted by Gasteiger charge is 2.06. The summed E-state index contributed by atoms with van der Waals surface area (Å²) in [6, 6.07) is 7.07. The molecule has 0 aliphatic heterocycles. The van der Waals surface area contributed by atoms with Crippen molar-refractivity contribution >= 4 is 0 Å². The number of rotatable bonds is 5. The Morgan fingerprint density at radius 3 is 2.38 bits per heavy atom. The minimum atomic E-state index is 0.349. The van der Waals surface area contributed by atoms with E-state index in [-0.39, 0.29) is 0 Å². The van der Waals surface area contributed by atoms with Crippen LogP contribution in [0, 0.1) is 19.8 Å². The normalized spacial score (nSPS) is 13.1. The van der Waals surface area contributed by atoms with E-state index in [1.165, 1.54) is 16.7 Å². The molecule has 0 saturated carbocycles.